The van der Waals surface area contributed by atoms with E-state index in [0.717, 1.165) is 18.4 Å². The molecule has 0 radical (unpaired) electrons. The summed E-state index contributed by atoms with van der Waals surface area (Å²) in [7, 11) is 0. The first kappa shape index (κ1) is 16.8. The number of carbonyl (C=O) groups is 1. The molecule has 0 unspecified atom stereocenters. The average molecular weight is 294 g/mol. The van der Waals surface area contributed by atoms with Gasteiger partial charge in [-0.2, -0.15) is 0 Å². The summed E-state index contributed by atoms with van der Waals surface area (Å²) in [5.74, 6) is 1.95. The predicted octanol–water partition coefficient (Wildman–Crippen LogP) is 3.63. The molecule has 0 aromatic rings. The Bertz CT molecular complexity index is 290. The van der Waals surface area contributed by atoms with Crippen molar-refractivity contribution in [2.75, 3.05) is 13.1 Å². The first-order valence-corrected chi connectivity index (χ1v) is 9.28. The van der Waals surface area contributed by atoms with Gasteiger partial charge in [0.05, 0.1) is 6.54 Å². The van der Waals surface area contributed by atoms with Gasteiger partial charge >= 0.3 is 0 Å². The molecule has 0 aliphatic heterocycles. The van der Waals surface area contributed by atoms with Gasteiger partial charge in [0.2, 0.25) is 5.91 Å². The van der Waals surface area contributed by atoms with Gasteiger partial charge in [-0.15, -0.1) is 0 Å². The molecule has 2 saturated carbocycles. The summed E-state index contributed by atoms with van der Waals surface area (Å²) in [6.07, 6.45) is 14.4. The fourth-order valence-corrected chi connectivity index (χ4v) is 3.94. The SMILES string of the molecule is CCC1CCC(CNCC(=O)NC2CCCCCC2)CC1. The normalized spacial score (nSPS) is 28.0. The van der Waals surface area contributed by atoms with Crippen LogP contribution in [0.25, 0.3) is 0 Å². The van der Waals surface area contributed by atoms with Crippen molar-refractivity contribution in [1.82, 2.24) is 10.6 Å². The first-order valence-electron chi connectivity index (χ1n) is 9.28. The highest BCUT2D eigenvalue weighted by Gasteiger charge is 2.20. The van der Waals surface area contributed by atoms with Crippen LogP contribution in [0.5, 0.6) is 0 Å². The summed E-state index contributed by atoms with van der Waals surface area (Å²) in [5, 5.41) is 6.59. The van der Waals surface area contributed by atoms with Crippen molar-refractivity contribution < 1.29 is 4.79 Å². The molecule has 2 fully saturated rings. The Morgan fingerprint density at radius 2 is 1.52 bits per heavy atom. The maximum Gasteiger partial charge on any atom is 0.234 e. The van der Waals surface area contributed by atoms with Crippen LogP contribution in [0.4, 0.5) is 0 Å². The van der Waals surface area contributed by atoms with Crippen molar-refractivity contribution >= 4 is 5.91 Å². The Labute approximate surface area is 130 Å². The molecule has 0 aromatic heterocycles. The highest BCUT2D eigenvalue weighted by molar-refractivity contribution is 5.78. The maximum absolute atomic E-state index is 12.0. The molecule has 0 atom stereocenters. The lowest BCUT2D eigenvalue weighted by Crippen LogP contribution is -2.41. The topological polar surface area (TPSA) is 41.1 Å². The molecular formula is C18H34N2O. The van der Waals surface area contributed by atoms with Gasteiger partial charge in [-0.05, 0) is 44.1 Å². The summed E-state index contributed by atoms with van der Waals surface area (Å²) < 4.78 is 0. The standard InChI is InChI=1S/C18H34N2O/c1-2-15-9-11-16(12-10-15)13-19-14-18(21)20-17-7-5-3-4-6-8-17/h15-17,19H,2-14H2,1H3,(H,20,21). The third-order valence-electron chi connectivity index (χ3n) is 5.48. The van der Waals surface area contributed by atoms with Crippen molar-refractivity contribution in [1.29, 1.82) is 0 Å². The fourth-order valence-electron chi connectivity index (χ4n) is 3.94. The summed E-state index contributed by atoms with van der Waals surface area (Å²) in [5.41, 5.74) is 0. The van der Waals surface area contributed by atoms with Gasteiger partial charge < -0.3 is 10.6 Å². The van der Waals surface area contributed by atoms with Gasteiger partial charge in [0, 0.05) is 6.04 Å². The van der Waals surface area contributed by atoms with Crippen LogP contribution in [0.15, 0.2) is 0 Å². The monoisotopic (exact) mass is 294 g/mol. The number of carbonyl (C=O) groups excluding carboxylic acids is 1. The number of hydrogen-bond donors (Lipinski definition) is 2. The third-order valence-corrected chi connectivity index (χ3v) is 5.48. The summed E-state index contributed by atoms with van der Waals surface area (Å²) >= 11 is 0. The molecule has 0 spiro atoms. The van der Waals surface area contributed by atoms with Gasteiger partial charge in [-0.3, -0.25) is 4.79 Å². The Kier molecular flexibility index (Phi) is 7.56. The summed E-state index contributed by atoms with van der Waals surface area (Å²) in [6, 6.07) is 0.432. The van der Waals surface area contributed by atoms with E-state index in [9.17, 15) is 4.79 Å². The van der Waals surface area contributed by atoms with E-state index in [1.54, 1.807) is 0 Å². The van der Waals surface area contributed by atoms with Crippen LogP contribution in [0.1, 0.15) is 77.6 Å². The molecule has 0 aromatic carbocycles. The summed E-state index contributed by atoms with van der Waals surface area (Å²) in [6.45, 7) is 3.83. The molecule has 0 bridgehead atoms. The zero-order valence-corrected chi connectivity index (χ0v) is 13.8. The van der Waals surface area contributed by atoms with Crippen LogP contribution >= 0.6 is 0 Å². The Morgan fingerprint density at radius 1 is 0.905 bits per heavy atom. The highest BCUT2D eigenvalue weighted by atomic mass is 16.1. The van der Waals surface area contributed by atoms with Crippen molar-refractivity contribution in [3.05, 3.63) is 0 Å². The molecule has 2 aliphatic rings. The van der Waals surface area contributed by atoms with Gasteiger partial charge in [-0.1, -0.05) is 51.9 Å². The van der Waals surface area contributed by atoms with Crippen LogP contribution in [0.3, 0.4) is 0 Å². The van der Waals surface area contributed by atoms with Crippen molar-refractivity contribution in [3.8, 4) is 0 Å². The molecule has 0 saturated heterocycles. The van der Waals surface area contributed by atoms with Crippen LogP contribution < -0.4 is 10.6 Å². The highest BCUT2D eigenvalue weighted by Crippen LogP contribution is 2.30. The molecule has 1 amide bonds. The molecule has 3 heteroatoms. The lowest BCUT2D eigenvalue weighted by molar-refractivity contribution is -0.121. The molecule has 0 heterocycles. The van der Waals surface area contributed by atoms with Gasteiger partial charge in [0.15, 0.2) is 0 Å². The third kappa shape index (κ3) is 6.37. The van der Waals surface area contributed by atoms with Crippen molar-refractivity contribution in [2.24, 2.45) is 11.8 Å². The van der Waals surface area contributed by atoms with Crippen molar-refractivity contribution in [2.45, 2.75) is 83.6 Å². The first-order chi connectivity index (χ1) is 10.3. The molecule has 2 aliphatic carbocycles. The predicted molar refractivity (Wildman–Crippen MR) is 88.2 cm³/mol. The van der Waals surface area contributed by atoms with Crippen LogP contribution in [-0.2, 0) is 4.79 Å². The Balaban J connectivity index is 1.54. The van der Waals surface area contributed by atoms with E-state index in [-0.39, 0.29) is 5.91 Å². The number of amides is 1. The van der Waals surface area contributed by atoms with E-state index >= 15 is 0 Å². The zero-order chi connectivity index (χ0) is 14.9. The van der Waals surface area contributed by atoms with E-state index in [1.165, 1.54) is 70.6 Å². The van der Waals surface area contributed by atoms with Crippen LogP contribution in [0, 0.1) is 11.8 Å². The lowest BCUT2D eigenvalue weighted by Gasteiger charge is -2.28. The minimum Gasteiger partial charge on any atom is -0.352 e. The Hall–Kier alpha value is -0.570. The maximum atomic E-state index is 12.0. The van der Waals surface area contributed by atoms with Gasteiger partial charge in [0.25, 0.3) is 0 Å². The van der Waals surface area contributed by atoms with E-state index in [2.05, 4.69) is 17.6 Å². The minimum atomic E-state index is 0.198. The number of nitrogens with one attached hydrogen (secondary N) is 2. The molecule has 2 rings (SSSR count). The molecule has 2 N–H and O–H groups in total. The largest absolute Gasteiger partial charge is 0.352 e. The van der Waals surface area contributed by atoms with E-state index in [4.69, 9.17) is 0 Å². The van der Waals surface area contributed by atoms with Crippen molar-refractivity contribution in [3.63, 3.8) is 0 Å². The summed E-state index contributed by atoms with van der Waals surface area (Å²) in [4.78, 5) is 12.0. The van der Waals surface area contributed by atoms with Crippen LogP contribution in [-0.4, -0.2) is 25.0 Å². The number of hydrogen-bond acceptors (Lipinski definition) is 2. The van der Waals surface area contributed by atoms with Gasteiger partial charge in [0.1, 0.15) is 0 Å². The lowest BCUT2D eigenvalue weighted by atomic mass is 9.81. The smallest absolute Gasteiger partial charge is 0.234 e. The Morgan fingerprint density at radius 3 is 2.14 bits per heavy atom. The molecular weight excluding hydrogens is 260 g/mol. The zero-order valence-electron chi connectivity index (χ0n) is 13.8. The second-order valence-electron chi connectivity index (χ2n) is 7.18. The molecule has 3 nitrogen and oxygen atoms in total. The van der Waals surface area contributed by atoms with Gasteiger partial charge in [-0.25, -0.2) is 0 Å². The second-order valence-corrected chi connectivity index (χ2v) is 7.18. The van der Waals surface area contributed by atoms with E-state index in [0.29, 0.717) is 12.6 Å². The van der Waals surface area contributed by atoms with Crippen LogP contribution in [0.2, 0.25) is 0 Å². The fraction of sp³-hybridized carbons (Fsp3) is 0.944. The van der Waals surface area contributed by atoms with E-state index in [1.807, 2.05) is 0 Å². The molecule has 122 valence electrons. The number of rotatable bonds is 6. The minimum absolute atomic E-state index is 0.198. The molecule has 21 heavy (non-hydrogen) atoms. The van der Waals surface area contributed by atoms with E-state index < -0.39 is 0 Å². The second kappa shape index (κ2) is 9.45. The average Bonchev–Trinajstić information content (AvgIpc) is 2.76. The quantitative estimate of drug-likeness (QED) is 0.734.